The zero-order valence-electron chi connectivity index (χ0n) is 12.7. The predicted molar refractivity (Wildman–Crippen MR) is 85.0 cm³/mol. The highest BCUT2D eigenvalue weighted by Crippen LogP contribution is 2.34. The number of rotatable bonds is 3. The van der Waals surface area contributed by atoms with E-state index in [0.717, 1.165) is 11.6 Å². The molecule has 6 heteroatoms. The Labute approximate surface area is 133 Å². The lowest BCUT2D eigenvalue weighted by molar-refractivity contribution is -0.384. The van der Waals surface area contributed by atoms with Crippen molar-refractivity contribution in [3.05, 3.63) is 70.0 Å². The van der Waals surface area contributed by atoms with Gasteiger partial charge in [0.05, 0.1) is 17.1 Å². The van der Waals surface area contributed by atoms with Crippen molar-refractivity contribution >= 4 is 11.4 Å². The van der Waals surface area contributed by atoms with Crippen LogP contribution in [0.4, 0.5) is 15.8 Å². The SMILES string of the molecule is CC1CN(c2ccc(F)cc2[N+](=O)[O-])CC(c2ccccc2)O1. The van der Waals surface area contributed by atoms with Crippen molar-refractivity contribution < 1.29 is 14.1 Å². The summed E-state index contributed by atoms with van der Waals surface area (Å²) in [6, 6.07) is 13.4. The molecule has 2 unspecified atom stereocenters. The summed E-state index contributed by atoms with van der Waals surface area (Å²) >= 11 is 0. The van der Waals surface area contributed by atoms with E-state index in [1.807, 2.05) is 42.2 Å². The van der Waals surface area contributed by atoms with Crippen molar-refractivity contribution in [3.8, 4) is 0 Å². The summed E-state index contributed by atoms with van der Waals surface area (Å²) in [5.41, 5.74) is 1.23. The second-order valence-corrected chi connectivity index (χ2v) is 5.64. The number of nitro benzene ring substituents is 1. The van der Waals surface area contributed by atoms with E-state index in [2.05, 4.69) is 0 Å². The van der Waals surface area contributed by atoms with Gasteiger partial charge in [0, 0.05) is 13.1 Å². The van der Waals surface area contributed by atoms with Crippen LogP contribution in [-0.4, -0.2) is 24.1 Å². The first-order valence-corrected chi connectivity index (χ1v) is 7.44. The molecule has 0 N–H and O–H groups in total. The molecule has 1 saturated heterocycles. The molecule has 0 aliphatic carbocycles. The highest BCUT2D eigenvalue weighted by atomic mass is 19.1. The van der Waals surface area contributed by atoms with Crippen molar-refractivity contribution in [2.45, 2.75) is 19.1 Å². The predicted octanol–water partition coefficient (Wildman–Crippen LogP) is 3.70. The van der Waals surface area contributed by atoms with Gasteiger partial charge in [-0.3, -0.25) is 10.1 Å². The fraction of sp³-hybridized carbons (Fsp3) is 0.294. The topological polar surface area (TPSA) is 55.6 Å². The Hall–Kier alpha value is -2.47. The van der Waals surface area contributed by atoms with E-state index >= 15 is 0 Å². The number of anilines is 1. The fourth-order valence-electron chi connectivity index (χ4n) is 2.91. The number of nitrogens with zero attached hydrogens (tertiary/aromatic N) is 2. The molecule has 1 fully saturated rings. The summed E-state index contributed by atoms with van der Waals surface area (Å²) in [5.74, 6) is -0.610. The van der Waals surface area contributed by atoms with E-state index in [-0.39, 0.29) is 17.9 Å². The molecule has 2 aromatic rings. The molecular weight excluding hydrogens is 299 g/mol. The number of hydrogen-bond acceptors (Lipinski definition) is 4. The van der Waals surface area contributed by atoms with Gasteiger partial charge < -0.3 is 9.64 Å². The van der Waals surface area contributed by atoms with E-state index in [0.29, 0.717) is 18.8 Å². The van der Waals surface area contributed by atoms with Gasteiger partial charge in [-0.2, -0.15) is 0 Å². The van der Waals surface area contributed by atoms with Crippen molar-refractivity contribution in [3.63, 3.8) is 0 Å². The molecular formula is C17H17FN2O3. The molecule has 0 amide bonds. The average Bonchev–Trinajstić information content (AvgIpc) is 2.55. The standard InChI is InChI=1S/C17H17FN2O3/c1-12-10-19(11-17(23-12)13-5-3-2-4-6-13)15-8-7-14(18)9-16(15)20(21)22/h2-9,12,17H,10-11H2,1H3. The molecule has 0 bridgehead atoms. The van der Waals surface area contributed by atoms with Crippen LogP contribution in [0.5, 0.6) is 0 Å². The summed E-state index contributed by atoms with van der Waals surface area (Å²) in [7, 11) is 0. The fourth-order valence-corrected chi connectivity index (χ4v) is 2.91. The Balaban J connectivity index is 1.92. The molecule has 120 valence electrons. The van der Waals surface area contributed by atoms with Gasteiger partial charge in [-0.15, -0.1) is 0 Å². The van der Waals surface area contributed by atoms with E-state index in [1.54, 1.807) is 0 Å². The third-order valence-electron chi connectivity index (χ3n) is 3.91. The highest BCUT2D eigenvalue weighted by molar-refractivity contribution is 5.63. The third kappa shape index (κ3) is 3.32. The van der Waals surface area contributed by atoms with Crippen molar-refractivity contribution in [1.82, 2.24) is 0 Å². The molecule has 3 rings (SSSR count). The monoisotopic (exact) mass is 316 g/mol. The van der Waals surface area contributed by atoms with Gasteiger partial charge in [-0.05, 0) is 24.6 Å². The van der Waals surface area contributed by atoms with Crippen LogP contribution in [0.2, 0.25) is 0 Å². The van der Waals surface area contributed by atoms with Crippen LogP contribution in [-0.2, 0) is 4.74 Å². The first-order chi connectivity index (χ1) is 11.0. The smallest absolute Gasteiger partial charge is 0.295 e. The second kappa shape index (κ2) is 6.34. The molecule has 0 radical (unpaired) electrons. The molecule has 1 heterocycles. The number of benzene rings is 2. The zero-order chi connectivity index (χ0) is 16.4. The minimum absolute atomic E-state index is 0.0846. The van der Waals surface area contributed by atoms with Gasteiger partial charge in [0.2, 0.25) is 0 Å². The van der Waals surface area contributed by atoms with Crippen LogP contribution in [0, 0.1) is 15.9 Å². The van der Waals surface area contributed by atoms with Gasteiger partial charge in [0.15, 0.2) is 0 Å². The summed E-state index contributed by atoms with van der Waals surface area (Å²) in [5, 5.41) is 11.2. The molecule has 5 nitrogen and oxygen atoms in total. The largest absolute Gasteiger partial charge is 0.367 e. The molecule has 2 atom stereocenters. The van der Waals surface area contributed by atoms with Gasteiger partial charge in [-0.25, -0.2) is 4.39 Å². The Morgan fingerprint density at radius 1 is 1.22 bits per heavy atom. The third-order valence-corrected chi connectivity index (χ3v) is 3.91. The molecule has 0 spiro atoms. The first-order valence-electron chi connectivity index (χ1n) is 7.44. The summed E-state index contributed by atoms with van der Waals surface area (Å²) in [6.07, 6.45) is -0.261. The summed E-state index contributed by atoms with van der Waals surface area (Å²) in [4.78, 5) is 12.6. The number of halogens is 1. The maximum absolute atomic E-state index is 13.3. The van der Waals surface area contributed by atoms with Crippen LogP contribution in [0.25, 0.3) is 0 Å². The minimum Gasteiger partial charge on any atom is -0.367 e. The van der Waals surface area contributed by atoms with Crippen LogP contribution in [0.15, 0.2) is 48.5 Å². The van der Waals surface area contributed by atoms with Crippen molar-refractivity contribution in [1.29, 1.82) is 0 Å². The normalized spacial score (nSPS) is 21.2. The minimum atomic E-state index is -0.610. The lowest BCUT2D eigenvalue weighted by Crippen LogP contribution is -2.43. The first kappa shape index (κ1) is 15.4. The van der Waals surface area contributed by atoms with Gasteiger partial charge in [-0.1, -0.05) is 30.3 Å². The summed E-state index contributed by atoms with van der Waals surface area (Å²) < 4.78 is 19.3. The Kier molecular flexibility index (Phi) is 4.25. The average molecular weight is 316 g/mol. The Morgan fingerprint density at radius 3 is 2.65 bits per heavy atom. The molecule has 1 aliphatic heterocycles. The van der Waals surface area contributed by atoms with Crippen molar-refractivity contribution in [2.75, 3.05) is 18.0 Å². The Bertz CT molecular complexity index is 708. The van der Waals surface area contributed by atoms with Gasteiger partial charge >= 0.3 is 0 Å². The maximum atomic E-state index is 13.3. The molecule has 23 heavy (non-hydrogen) atoms. The van der Waals surface area contributed by atoms with Crippen LogP contribution >= 0.6 is 0 Å². The lowest BCUT2D eigenvalue weighted by Gasteiger charge is -2.38. The summed E-state index contributed by atoms with van der Waals surface area (Å²) in [6.45, 7) is 2.94. The number of nitro groups is 1. The van der Waals surface area contributed by atoms with E-state index in [9.17, 15) is 14.5 Å². The quantitative estimate of drug-likeness (QED) is 0.640. The highest BCUT2D eigenvalue weighted by Gasteiger charge is 2.30. The van der Waals surface area contributed by atoms with E-state index < -0.39 is 10.7 Å². The second-order valence-electron chi connectivity index (χ2n) is 5.64. The molecule has 0 aromatic heterocycles. The lowest BCUT2D eigenvalue weighted by atomic mass is 10.1. The maximum Gasteiger partial charge on any atom is 0.295 e. The Morgan fingerprint density at radius 2 is 1.96 bits per heavy atom. The number of ether oxygens (including phenoxy) is 1. The van der Waals surface area contributed by atoms with Crippen LogP contribution in [0.1, 0.15) is 18.6 Å². The van der Waals surface area contributed by atoms with E-state index in [4.69, 9.17) is 4.74 Å². The molecule has 1 aliphatic rings. The van der Waals surface area contributed by atoms with E-state index in [1.165, 1.54) is 12.1 Å². The molecule has 0 saturated carbocycles. The van der Waals surface area contributed by atoms with Gasteiger partial charge in [0.1, 0.15) is 17.6 Å². The van der Waals surface area contributed by atoms with Crippen molar-refractivity contribution in [2.24, 2.45) is 0 Å². The van der Waals surface area contributed by atoms with Crippen LogP contribution < -0.4 is 4.90 Å². The number of morpholine rings is 1. The number of hydrogen-bond donors (Lipinski definition) is 0. The zero-order valence-corrected chi connectivity index (χ0v) is 12.7. The molecule has 2 aromatic carbocycles. The van der Waals surface area contributed by atoms with Crippen LogP contribution in [0.3, 0.4) is 0 Å². The van der Waals surface area contributed by atoms with Gasteiger partial charge in [0.25, 0.3) is 5.69 Å².